The van der Waals surface area contributed by atoms with Crippen LogP contribution in [0.1, 0.15) is 28.2 Å². The van der Waals surface area contributed by atoms with Gasteiger partial charge in [0.05, 0.1) is 5.56 Å². The van der Waals surface area contributed by atoms with Crippen LogP contribution < -0.4 is 11.1 Å². The molecule has 0 radical (unpaired) electrons. The molecule has 1 aromatic heterocycles. The van der Waals surface area contributed by atoms with Gasteiger partial charge in [0.15, 0.2) is 0 Å². The number of carbonyl (C=O) groups excluding carboxylic acids is 1. The molecule has 0 aliphatic carbocycles. The van der Waals surface area contributed by atoms with Gasteiger partial charge in [-0.25, -0.2) is 14.8 Å². The number of aryl methyl sites for hydroxylation is 1. The predicted octanol–water partition coefficient (Wildman–Crippen LogP) is 2.06. The molecule has 3 rings (SSSR count). The van der Waals surface area contributed by atoms with Gasteiger partial charge in [0.2, 0.25) is 0 Å². The molecule has 0 bridgehead atoms. The van der Waals surface area contributed by atoms with Crippen LogP contribution >= 0.6 is 0 Å². The Labute approximate surface area is 147 Å². The first kappa shape index (κ1) is 17.1. The largest absolute Gasteiger partial charge is 0.454 e. The third kappa shape index (κ3) is 4.42. The van der Waals surface area contributed by atoms with Gasteiger partial charge < -0.3 is 15.8 Å². The maximum Gasteiger partial charge on any atom is 0.338 e. The smallest absolute Gasteiger partial charge is 0.338 e. The molecule has 2 aromatic rings. The zero-order valence-corrected chi connectivity index (χ0v) is 14.2. The molecule has 1 aliphatic heterocycles. The number of nitrogens with zero attached hydrogens (tertiary/aromatic N) is 2. The summed E-state index contributed by atoms with van der Waals surface area (Å²) in [5.74, 6) is 0.722. The van der Waals surface area contributed by atoms with E-state index in [1.165, 1.54) is 0 Å². The van der Waals surface area contributed by atoms with Gasteiger partial charge in [-0.3, -0.25) is 0 Å². The van der Waals surface area contributed by atoms with Crippen LogP contribution in [-0.4, -0.2) is 35.1 Å². The van der Waals surface area contributed by atoms with Gasteiger partial charge in [-0.2, -0.15) is 0 Å². The van der Waals surface area contributed by atoms with E-state index in [9.17, 15) is 4.79 Å². The third-order valence-electron chi connectivity index (χ3n) is 4.20. The van der Waals surface area contributed by atoms with Gasteiger partial charge in [0.25, 0.3) is 0 Å². The second kappa shape index (κ2) is 7.90. The normalized spacial score (nSPS) is 15.3. The quantitative estimate of drug-likeness (QED) is 0.641. The van der Waals surface area contributed by atoms with Crippen molar-refractivity contribution in [1.82, 2.24) is 15.3 Å². The number of hydrogen-bond acceptors (Lipinski definition) is 6. The summed E-state index contributed by atoms with van der Waals surface area (Å²) in [6.45, 7) is 3.43. The summed E-state index contributed by atoms with van der Waals surface area (Å²) in [7, 11) is 0. The molecule has 1 atom stereocenters. The molecule has 0 amide bonds. The number of nitrogens with two attached hydrogens (primary N) is 1. The van der Waals surface area contributed by atoms with E-state index in [1.54, 1.807) is 25.3 Å². The number of ether oxygens (including phenoxy) is 1. The molecule has 0 saturated carbocycles. The summed E-state index contributed by atoms with van der Waals surface area (Å²) >= 11 is 0. The Morgan fingerprint density at radius 1 is 1.36 bits per heavy atom. The van der Waals surface area contributed by atoms with Gasteiger partial charge in [-0.1, -0.05) is 24.3 Å². The lowest BCUT2D eigenvalue weighted by Gasteiger charge is -2.24. The minimum Gasteiger partial charge on any atom is -0.454 e. The predicted molar refractivity (Wildman–Crippen MR) is 96.1 cm³/mol. The Morgan fingerprint density at radius 3 is 2.84 bits per heavy atom. The van der Waals surface area contributed by atoms with Crippen LogP contribution in [0.2, 0.25) is 0 Å². The number of carbonyl (C=O) groups is 1. The Kier molecular flexibility index (Phi) is 5.40. The Bertz CT molecular complexity index is 774. The summed E-state index contributed by atoms with van der Waals surface area (Å²) in [6, 6.07) is 9.01. The number of nitrogens with one attached hydrogen (secondary N) is 1. The average molecular weight is 338 g/mol. The van der Waals surface area contributed by atoms with Gasteiger partial charge >= 0.3 is 5.97 Å². The zero-order valence-electron chi connectivity index (χ0n) is 14.2. The molecule has 0 fully saturated rings. The van der Waals surface area contributed by atoms with E-state index in [2.05, 4.69) is 21.4 Å². The molecule has 130 valence electrons. The molecule has 2 heterocycles. The Hall–Kier alpha value is -2.73. The minimum atomic E-state index is -0.372. The van der Waals surface area contributed by atoms with Crippen LogP contribution in [0.25, 0.3) is 0 Å². The van der Waals surface area contributed by atoms with Gasteiger partial charge in [-0.05, 0) is 37.6 Å². The van der Waals surface area contributed by atoms with E-state index in [0.29, 0.717) is 23.6 Å². The maximum absolute atomic E-state index is 12.5. The number of aromatic nitrogens is 2. The van der Waals surface area contributed by atoms with Crippen molar-refractivity contribution < 1.29 is 9.53 Å². The number of esters is 1. The molecule has 1 aliphatic rings. The number of hydrogen-bond donors (Lipinski definition) is 2. The highest BCUT2D eigenvalue weighted by Gasteiger charge is 2.23. The molecular formula is C19H22N4O2. The van der Waals surface area contributed by atoms with Crippen molar-refractivity contribution in [3.63, 3.8) is 0 Å². The van der Waals surface area contributed by atoms with E-state index in [1.807, 2.05) is 18.2 Å². The first-order valence-electron chi connectivity index (χ1n) is 8.37. The zero-order chi connectivity index (χ0) is 17.6. The van der Waals surface area contributed by atoms with Crippen molar-refractivity contribution in [2.45, 2.75) is 25.9 Å². The highest BCUT2D eigenvalue weighted by atomic mass is 16.5. The first-order valence-corrected chi connectivity index (χ1v) is 8.37. The second-order valence-corrected chi connectivity index (χ2v) is 6.02. The first-order chi connectivity index (χ1) is 12.1. The van der Waals surface area contributed by atoms with Crippen molar-refractivity contribution >= 4 is 11.8 Å². The van der Waals surface area contributed by atoms with Gasteiger partial charge in [0, 0.05) is 24.7 Å². The van der Waals surface area contributed by atoms with E-state index in [0.717, 1.165) is 30.6 Å². The van der Waals surface area contributed by atoms with Crippen LogP contribution in [0, 0.1) is 6.92 Å². The fourth-order valence-corrected chi connectivity index (χ4v) is 2.82. The lowest BCUT2D eigenvalue weighted by Crippen LogP contribution is -2.30. The molecule has 1 aromatic carbocycles. The van der Waals surface area contributed by atoms with Crippen molar-refractivity contribution in [3.8, 4) is 0 Å². The molecule has 0 saturated heterocycles. The topological polar surface area (TPSA) is 90.1 Å². The van der Waals surface area contributed by atoms with Crippen molar-refractivity contribution in [2.75, 3.05) is 18.8 Å². The Balaban J connectivity index is 1.82. The highest BCUT2D eigenvalue weighted by molar-refractivity contribution is 5.89. The molecule has 6 nitrogen and oxygen atoms in total. The Morgan fingerprint density at radius 2 is 2.16 bits per heavy atom. The molecule has 0 spiro atoms. The van der Waals surface area contributed by atoms with E-state index >= 15 is 0 Å². The van der Waals surface area contributed by atoms with Crippen LogP contribution in [0.15, 0.2) is 48.2 Å². The van der Waals surface area contributed by atoms with Crippen molar-refractivity contribution in [1.29, 1.82) is 0 Å². The SMILES string of the molecule is Cc1ncc(CC(OC(=O)c2ccccc2)C2=CCNCC2)c(N)n1. The fourth-order valence-electron chi connectivity index (χ4n) is 2.82. The summed E-state index contributed by atoms with van der Waals surface area (Å²) in [4.78, 5) is 20.9. The monoisotopic (exact) mass is 338 g/mol. The van der Waals surface area contributed by atoms with Crippen LogP contribution in [-0.2, 0) is 11.2 Å². The highest BCUT2D eigenvalue weighted by Crippen LogP contribution is 2.21. The number of anilines is 1. The molecule has 3 N–H and O–H groups in total. The lowest BCUT2D eigenvalue weighted by atomic mass is 9.97. The standard InChI is InChI=1S/C19H22N4O2/c1-13-22-12-16(18(20)23-13)11-17(14-7-9-21-10-8-14)25-19(24)15-5-3-2-4-6-15/h2-7,12,17,21H,8-11H2,1H3,(H2,20,22,23). The van der Waals surface area contributed by atoms with Gasteiger partial charge in [0.1, 0.15) is 17.7 Å². The summed E-state index contributed by atoms with van der Waals surface area (Å²) in [6.07, 6.45) is 4.72. The summed E-state index contributed by atoms with van der Waals surface area (Å²) < 4.78 is 5.82. The fraction of sp³-hybridized carbons (Fsp3) is 0.316. The average Bonchev–Trinajstić information content (AvgIpc) is 2.64. The van der Waals surface area contributed by atoms with Crippen LogP contribution in [0.5, 0.6) is 0 Å². The minimum absolute atomic E-state index is 0.336. The summed E-state index contributed by atoms with van der Waals surface area (Å²) in [5, 5.41) is 3.27. The third-order valence-corrected chi connectivity index (χ3v) is 4.20. The molecule has 1 unspecified atom stereocenters. The molecule has 25 heavy (non-hydrogen) atoms. The van der Waals surface area contributed by atoms with Crippen LogP contribution in [0.4, 0.5) is 5.82 Å². The number of rotatable bonds is 5. The lowest BCUT2D eigenvalue weighted by molar-refractivity contribution is 0.0367. The van der Waals surface area contributed by atoms with Crippen LogP contribution in [0.3, 0.4) is 0 Å². The van der Waals surface area contributed by atoms with Crippen molar-refractivity contribution in [2.24, 2.45) is 0 Å². The summed E-state index contributed by atoms with van der Waals surface area (Å²) in [5.41, 5.74) is 8.44. The van der Waals surface area contributed by atoms with E-state index in [4.69, 9.17) is 10.5 Å². The van der Waals surface area contributed by atoms with E-state index in [-0.39, 0.29) is 12.1 Å². The maximum atomic E-state index is 12.5. The van der Waals surface area contributed by atoms with Crippen molar-refractivity contribution in [3.05, 3.63) is 65.1 Å². The van der Waals surface area contributed by atoms with Gasteiger partial charge in [-0.15, -0.1) is 0 Å². The number of nitrogen functional groups attached to an aromatic ring is 1. The second-order valence-electron chi connectivity index (χ2n) is 6.02. The number of benzene rings is 1. The molecular weight excluding hydrogens is 316 g/mol. The molecule has 6 heteroatoms. The van der Waals surface area contributed by atoms with E-state index < -0.39 is 0 Å².